The van der Waals surface area contributed by atoms with Gasteiger partial charge in [-0.2, -0.15) is 0 Å². The van der Waals surface area contributed by atoms with E-state index in [2.05, 4.69) is 4.98 Å². The summed E-state index contributed by atoms with van der Waals surface area (Å²) in [7, 11) is 0. The maximum atomic E-state index is 13.7. The van der Waals surface area contributed by atoms with Crippen molar-refractivity contribution in [3.63, 3.8) is 0 Å². The van der Waals surface area contributed by atoms with Gasteiger partial charge in [0.2, 0.25) is 11.8 Å². The Morgan fingerprint density at radius 3 is 2.40 bits per heavy atom. The van der Waals surface area contributed by atoms with E-state index < -0.39 is 23.8 Å². The molecule has 4 aliphatic rings. The van der Waals surface area contributed by atoms with Gasteiger partial charge in [0.25, 0.3) is 0 Å². The fourth-order valence-corrected chi connectivity index (χ4v) is 10.1. The molecule has 2 aliphatic carbocycles. The van der Waals surface area contributed by atoms with E-state index in [0.717, 1.165) is 26.8 Å². The van der Waals surface area contributed by atoms with Crippen LogP contribution in [0.1, 0.15) is 43.0 Å². The Kier molecular flexibility index (Phi) is 5.20. The number of aliphatic carboxylic acids is 1. The molecule has 1 saturated heterocycles. The Labute approximate surface area is 209 Å². The number of aromatic hydroxyl groups is 1. The number of rotatable bonds is 5. The largest absolute Gasteiger partial charge is 0.508 e. The Balaban J connectivity index is 1.42. The summed E-state index contributed by atoms with van der Waals surface area (Å²) in [4.78, 5) is 56.4. The van der Waals surface area contributed by atoms with E-state index in [1.54, 1.807) is 23.9 Å². The Morgan fingerprint density at radius 2 is 1.77 bits per heavy atom. The average Bonchev–Trinajstić information content (AvgIpc) is 3.52. The highest BCUT2D eigenvalue weighted by atomic mass is 32.2. The second-order valence-electron chi connectivity index (χ2n) is 10.6. The van der Waals surface area contributed by atoms with Crippen molar-refractivity contribution in [2.45, 2.75) is 48.9 Å². The number of phenolic OH excluding ortho intramolecular Hbond substituents is 1. The molecule has 2 aromatic rings. The highest BCUT2D eigenvalue weighted by Gasteiger charge is 2.70. The number of hydrogen-bond acceptors (Lipinski definition) is 7. The van der Waals surface area contributed by atoms with Crippen molar-refractivity contribution >= 4 is 40.9 Å². The Hall–Kier alpha value is -2.59. The molecule has 184 valence electrons. The first-order valence-electron chi connectivity index (χ1n) is 12.0. The first kappa shape index (κ1) is 22.8. The van der Waals surface area contributed by atoms with Crippen LogP contribution in [0.3, 0.4) is 0 Å². The molecule has 2 bridgehead atoms. The number of nitrogens with one attached hydrogen (secondary N) is 1. The van der Waals surface area contributed by atoms with Gasteiger partial charge in [-0.1, -0.05) is 37.3 Å². The molecule has 3 fully saturated rings. The highest BCUT2D eigenvalue weighted by Crippen LogP contribution is 2.68. The summed E-state index contributed by atoms with van der Waals surface area (Å²) in [5.41, 5.74) is 0.968. The zero-order valence-corrected chi connectivity index (χ0v) is 20.8. The molecular weight excluding hydrogens is 488 g/mol. The fraction of sp³-hybridized carbons (Fsp3) is 0.520. The number of amides is 2. The van der Waals surface area contributed by atoms with Crippen LogP contribution in [0, 0.1) is 35.5 Å². The molecule has 0 unspecified atom stereocenters. The van der Waals surface area contributed by atoms with E-state index >= 15 is 0 Å². The Bertz CT molecular complexity index is 1280. The molecule has 35 heavy (non-hydrogen) atoms. The number of aromatic amines is 1. The lowest BCUT2D eigenvalue weighted by molar-refractivity contribution is -0.156. The van der Waals surface area contributed by atoms with E-state index in [1.807, 2.05) is 26.0 Å². The van der Waals surface area contributed by atoms with Crippen LogP contribution in [0.15, 0.2) is 34.1 Å². The zero-order valence-electron chi connectivity index (χ0n) is 19.2. The highest BCUT2D eigenvalue weighted by molar-refractivity contribution is 8.00. The van der Waals surface area contributed by atoms with Crippen LogP contribution in [-0.4, -0.2) is 49.2 Å². The van der Waals surface area contributed by atoms with Gasteiger partial charge in [0.05, 0.1) is 16.9 Å². The number of nitrogens with zero attached hydrogens (tertiary/aromatic N) is 1. The topological polar surface area (TPSA) is 128 Å². The standard InChI is InChI=1S/C25H26N2O6S2/c1-9(2)7-14(24(31)32)27-22(29)17-12-8-13(18(17)23(27)30)19-16(12)15(10-3-5-11(28)6-4-10)20-21(34-19)26-25(33)35-20/h3-6,9,12-19,28H,7-8H2,1-2H3,(H,26,33)(H,31,32)/t12-,13+,14+,15+,16+,17-,18+,19-/m1/s1. The van der Waals surface area contributed by atoms with Gasteiger partial charge in [0, 0.05) is 16.0 Å². The smallest absolute Gasteiger partial charge is 0.326 e. The van der Waals surface area contributed by atoms with Crippen LogP contribution in [-0.2, 0) is 14.4 Å². The molecule has 10 heteroatoms. The molecule has 8 nitrogen and oxygen atoms in total. The van der Waals surface area contributed by atoms with Crippen LogP contribution < -0.4 is 4.87 Å². The predicted octanol–water partition coefficient (Wildman–Crippen LogP) is 3.11. The molecule has 0 spiro atoms. The SMILES string of the molecule is CC(C)C[C@@H](C(=O)O)N1C(=O)[C@@H]2[C@@H]3C[C@H]([C@H]4Sc5[nH]c(=O)sc5[C@@H](c5ccc(O)cc5)[C@H]34)[C@@H]2C1=O. The monoisotopic (exact) mass is 514 g/mol. The van der Waals surface area contributed by atoms with Crippen molar-refractivity contribution in [1.29, 1.82) is 0 Å². The number of benzene rings is 1. The number of imide groups is 1. The number of fused-ring (bicyclic) bond motifs is 9. The third-order valence-corrected chi connectivity index (χ3v) is 10.9. The van der Waals surface area contributed by atoms with E-state index in [0.29, 0.717) is 0 Å². The van der Waals surface area contributed by atoms with Crippen LogP contribution in [0.4, 0.5) is 0 Å². The van der Waals surface area contributed by atoms with Gasteiger partial charge in [0.1, 0.15) is 11.8 Å². The summed E-state index contributed by atoms with van der Waals surface area (Å²) < 4.78 is 0. The lowest BCUT2D eigenvalue weighted by Crippen LogP contribution is -2.47. The number of hydrogen-bond donors (Lipinski definition) is 3. The summed E-state index contributed by atoms with van der Waals surface area (Å²) in [6.45, 7) is 3.77. The molecule has 0 radical (unpaired) electrons. The van der Waals surface area contributed by atoms with Crippen LogP contribution in [0.2, 0.25) is 0 Å². The lowest BCUT2D eigenvalue weighted by atomic mass is 9.68. The van der Waals surface area contributed by atoms with Crippen molar-refractivity contribution in [2.75, 3.05) is 0 Å². The molecule has 3 N–H and O–H groups in total. The summed E-state index contributed by atoms with van der Waals surface area (Å²) in [6.07, 6.45) is 0.983. The third-order valence-electron chi connectivity index (χ3n) is 8.30. The number of phenols is 1. The molecule has 2 amide bonds. The zero-order chi connectivity index (χ0) is 24.8. The van der Waals surface area contributed by atoms with Gasteiger partial charge >= 0.3 is 10.8 Å². The Morgan fingerprint density at radius 1 is 1.11 bits per heavy atom. The van der Waals surface area contributed by atoms with Gasteiger partial charge < -0.3 is 15.2 Å². The number of carboxylic acid groups (broad SMARTS) is 1. The first-order valence-corrected chi connectivity index (χ1v) is 13.6. The molecule has 6 rings (SSSR count). The number of thioether (sulfide) groups is 1. The maximum Gasteiger partial charge on any atom is 0.326 e. The summed E-state index contributed by atoms with van der Waals surface area (Å²) in [5.74, 6) is -2.86. The van der Waals surface area contributed by atoms with Crippen molar-refractivity contribution in [3.05, 3.63) is 44.4 Å². The summed E-state index contributed by atoms with van der Waals surface area (Å²) in [6, 6.07) is 5.85. The first-order chi connectivity index (χ1) is 16.7. The summed E-state index contributed by atoms with van der Waals surface area (Å²) >= 11 is 2.78. The quantitative estimate of drug-likeness (QED) is 0.523. The molecule has 3 heterocycles. The van der Waals surface area contributed by atoms with Gasteiger partial charge in [-0.3, -0.25) is 19.3 Å². The minimum atomic E-state index is -1.14. The normalized spacial score (nSPS) is 33.7. The second kappa shape index (κ2) is 7.96. The van der Waals surface area contributed by atoms with Gasteiger partial charge in [-0.05, 0) is 54.2 Å². The van der Waals surface area contributed by atoms with Crippen molar-refractivity contribution in [3.8, 4) is 5.75 Å². The van der Waals surface area contributed by atoms with E-state index in [-0.39, 0.29) is 63.7 Å². The molecular formula is C25H26N2O6S2. The third kappa shape index (κ3) is 3.25. The number of likely N-dealkylation sites (tertiary alicyclic amines) is 1. The minimum Gasteiger partial charge on any atom is -0.508 e. The maximum absolute atomic E-state index is 13.7. The van der Waals surface area contributed by atoms with Crippen LogP contribution in [0.5, 0.6) is 5.75 Å². The number of aromatic nitrogens is 1. The van der Waals surface area contributed by atoms with Crippen molar-refractivity contribution in [1.82, 2.24) is 9.88 Å². The average molecular weight is 515 g/mol. The molecule has 1 aromatic carbocycles. The van der Waals surface area contributed by atoms with E-state index in [4.69, 9.17) is 0 Å². The van der Waals surface area contributed by atoms with Crippen LogP contribution >= 0.6 is 23.1 Å². The van der Waals surface area contributed by atoms with E-state index in [1.165, 1.54) is 11.3 Å². The van der Waals surface area contributed by atoms with Gasteiger partial charge in [-0.25, -0.2) is 4.79 Å². The second-order valence-corrected chi connectivity index (χ2v) is 12.8. The van der Waals surface area contributed by atoms with Crippen molar-refractivity contribution < 1.29 is 24.6 Å². The number of carboxylic acids is 1. The number of carbonyl (C=O) groups is 3. The summed E-state index contributed by atoms with van der Waals surface area (Å²) in [5, 5.41) is 20.6. The number of thiazole rings is 1. The number of H-pyrrole nitrogens is 1. The lowest BCUT2D eigenvalue weighted by Gasteiger charge is -2.43. The van der Waals surface area contributed by atoms with Gasteiger partial charge in [0.15, 0.2) is 0 Å². The minimum absolute atomic E-state index is 0.0266. The van der Waals surface area contributed by atoms with Crippen molar-refractivity contribution in [2.24, 2.45) is 35.5 Å². The van der Waals surface area contributed by atoms with Crippen LogP contribution in [0.25, 0.3) is 0 Å². The van der Waals surface area contributed by atoms with Gasteiger partial charge in [-0.15, -0.1) is 11.8 Å². The molecule has 2 aliphatic heterocycles. The molecule has 8 atom stereocenters. The predicted molar refractivity (Wildman–Crippen MR) is 129 cm³/mol. The molecule has 1 aromatic heterocycles. The molecule has 2 saturated carbocycles. The number of carbonyl (C=O) groups excluding carboxylic acids is 2. The van der Waals surface area contributed by atoms with E-state index in [9.17, 15) is 29.4 Å². The fourth-order valence-electron chi connectivity index (χ4n) is 7.17.